The molecule has 0 spiro atoms. The van der Waals surface area contributed by atoms with Gasteiger partial charge < -0.3 is 10.2 Å². The van der Waals surface area contributed by atoms with Gasteiger partial charge in [0, 0.05) is 12.6 Å². The van der Waals surface area contributed by atoms with Crippen LogP contribution in [0.5, 0.6) is 0 Å². The van der Waals surface area contributed by atoms with E-state index < -0.39 is 22.0 Å². The highest BCUT2D eigenvalue weighted by Crippen LogP contribution is 2.25. The lowest BCUT2D eigenvalue weighted by Crippen LogP contribution is -2.54. The largest absolute Gasteiger partial charge is 0.352 e. The Balaban J connectivity index is 1.93. The third-order valence-corrected chi connectivity index (χ3v) is 8.25. The Labute approximate surface area is 222 Å². The van der Waals surface area contributed by atoms with Crippen LogP contribution in [0.15, 0.2) is 42.5 Å². The lowest BCUT2D eigenvalue weighted by molar-refractivity contribution is -0.140. The van der Waals surface area contributed by atoms with Crippen LogP contribution in [0.25, 0.3) is 0 Å². The summed E-state index contributed by atoms with van der Waals surface area (Å²) in [5, 5.41) is 3.17. The summed E-state index contributed by atoms with van der Waals surface area (Å²) in [6.45, 7) is 7.45. The Morgan fingerprint density at radius 3 is 2.19 bits per heavy atom. The molecule has 2 aromatic rings. The van der Waals surface area contributed by atoms with Crippen molar-refractivity contribution >= 4 is 27.5 Å². The third kappa shape index (κ3) is 7.81. The molecule has 8 heteroatoms. The summed E-state index contributed by atoms with van der Waals surface area (Å²) < 4.78 is 26.9. The number of hydrogen-bond donors (Lipinski definition) is 1. The SMILES string of the molecule is CCC(C(=O)NC1CCCCC1)N(Cc1ccc(C)cc1)C(=O)CN(c1cc(C)ccc1C)S(C)(=O)=O. The molecule has 1 N–H and O–H groups in total. The average molecular weight is 528 g/mol. The highest BCUT2D eigenvalue weighted by molar-refractivity contribution is 7.92. The van der Waals surface area contributed by atoms with Crippen LogP contribution < -0.4 is 9.62 Å². The molecule has 0 aromatic heterocycles. The first-order chi connectivity index (χ1) is 17.5. The molecule has 37 heavy (non-hydrogen) atoms. The fourth-order valence-electron chi connectivity index (χ4n) is 4.94. The van der Waals surface area contributed by atoms with Crippen molar-refractivity contribution in [3.8, 4) is 0 Å². The first-order valence-corrected chi connectivity index (χ1v) is 15.0. The lowest BCUT2D eigenvalue weighted by atomic mass is 9.95. The molecule has 1 aliphatic rings. The van der Waals surface area contributed by atoms with Crippen molar-refractivity contribution in [3.05, 3.63) is 64.7 Å². The van der Waals surface area contributed by atoms with Gasteiger partial charge in [0.25, 0.3) is 0 Å². The molecule has 0 saturated heterocycles. The van der Waals surface area contributed by atoms with Crippen molar-refractivity contribution in [2.24, 2.45) is 0 Å². The van der Waals surface area contributed by atoms with E-state index in [1.807, 2.05) is 64.1 Å². The molecule has 0 heterocycles. The van der Waals surface area contributed by atoms with Gasteiger partial charge >= 0.3 is 0 Å². The number of nitrogens with one attached hydrogen (secondary N) is 1. The summed E-state index contributed by atoms with van der Waals surface area (Å²) in [4.78, 5) is 28.9. The van der Waals surface area contributed by atoms with Crippen LogP contribution in [-0.4, -0.2) is 50.0 Å². The van der Waals surface area contributed by atoms with Crippen molar-refractivity contribution in [2.75, 3.05) is 17.1 Å². The molecule has 1 aliphatic carbocycles. The summed E-state index contributed by atoms with van der Waals surface area (Å²) >= 11 is 0. The van der Waals surface area contributed by atoms with Gasteiger partial charge in [0.05, 0.1) is 11.9 Å². The molecule has 202 valence electrons. The van der Waals surface area contributed by atoms with Gasteiger partial charge in [-0.3, -0.25) is 13.9 Å². The van der Waals surface area contributed by atoms with Crippen molar-refractivity contribution in [3.63, 3.8) is 0 Å². The molecule has 2 aromatic carbocycles. The lowest BCUT2D eigenvalue weighted by Gasteiger charge is -2.34. The topological polar surface area (TPSA) is 86.8 Å². The standard InChI is InChI=1S/C29H41N3O4S/c1-6-26(29(34)30-25-10-8-7-9-11-25)31(19-24-16-13-21(2)14-17-24)28(33)20-32(37(5,35)36)27-18-22(3)12-15-23(27)4/h12-18,25-26H,6-11,19-20H2,1-5H3,(H,30,34). The molecular weight excluding hydrogens is 486 g/mol. The minimum Gasteiger partial charge on any atom is -0.352 e. The minimum atomic E-state index is -3.75. The zero-order chi connectivity index (χ0) is 27.2. The monoisotopic (exact) mass is 527 g/mol. The zero-order valence-corrected chi connectivity index (χ0v) is 23.6. The van der Waals surface area contributed by atoms with E-state index in [0.717, 1.165) is 58.5 Å². The second-order valence-electron chi connectivity index (χ2n) is 10.3. The Kier molecular flexibility index (Phi) is 9.76. The molecule has 0 aliphatic heterocycles. The highest BCUT2D eigenvalue weighted by atomic mass is 32.2. The number of amides is 2. The predicted octanol–water partition coefficient (Wildman–Crippen LogP) is 4.63. The molecule has 3 rings (SSSR count). The van der Waals surface area contributed by atoms with E-state index in [1.165, 1.54) is 6.42 Å². The van der Waals surface area contributed by atoms with Crippen LogP contribution >= 0.6 is 0 Å². The summed E-state index contributed by atoms with van der Waals surface area (Å²) in [6, 6.07) is 12.8. The maximum atomic E-state index is 13.9. The number of nitrogens with zero attached hydrogens (tertiary/aromatic N) is 2. The van der Waals surface area contributed by atoms with Crippen LogP contribution in [0.1, 0.15) is 67.7 Å². The Bertz CT molecular complexity index is 1190. The van der Waals surface area contributed by atoms with E-state index in [1.54, 1.807) is 11.0 Å². The van der Waals surface area contributed by atoms with E-state index in [2.05, 4.69) is 5.32 Å². The number of hydrogen-bond acceptors (Lipinski definition) is 4. The van der Waals surface area contributed by atoms with E-state index in [-0.39, 0.29) is 25.0 Å². The van der Waals surface area contributed by atoms with E-state index >= 15 is 0 Å². The summed E-state index contributed by atoms with van der Waals surface area (Å²) in [7, 11) is -3.75. The quantitative estimate of drug-likeness (QED) is 0.488. The predicted molar refractivity (Wildman–Crippen MR) is 149 cm³/mol. The van der Waals surface area contributed by atoms with E-state index in [9.17, 15) is 18.0 Å². The number of sulfonamides is 1. The molecule has 2 amide bonds. The first-order valence-electron chi connectivity index (χ1n) is 13.2. The molecule has 1 unspecified atom stereocenters. The summed E-state index contributed by atoms with van der Waals surface area (Å²) in [5.74, 6) is -0.579. The van der Waals surface area contributed by atoms with Gasteiger partial charge in [0.2, 0.25) is 21.8 Å². The molecule has 0 bridgehead atoms. The van der Waals surface area contributed by atoms with Crippen LogP contribution in [0.3, 0.4) is 0 Å². The average Bonchev–Trinajstić information content (AvgIpc) is 2.85. The number of aryl methyl sites for hydroxylation is 3. The number of rotatable bonds is 10. The maximum absolute atomic E-state index is 13.9. The van der Waals surface area contributed by atoms with Crippen LogP contribution in [0, 0.1) is 20.8 Å². The summed E-state index contributed by atoms with van der Waals surface area (Å²) in [5.41, 5.74) is 4.13. The van der Waals surface area contributed by atoms with Crippen LogP contribution in [0.4, 0.5) is 5.69 Å². The zero-order valence-electron chi connectivity index (χ0n) is 22.8. The van der Waals surface area contributed by atoms with Gasteiger partial charge in [-0.25, -0.2) is 8.42 Å². The van der Waals surface area contributed by atoms with Crippen molar-refractivity contribution < 1.29 is 18.0 Å². The summed E-state index contributed by atoms with van der Waals surface area (Å²) in [6.07, 6.45) is 6.80. The fourth-order valence-corrected chi connectivity index (χ4v) is 5.84. The molecule has 7 nitrogen and oxygen atoms in total. The molecule has 0 radical (unpaired) electrons. The van der Waals surface area contributed by atoms with Gasteiger partial charge in [0.15, 0.2) is 0 Å². The maximum Gasteiger partial charge on any atom is 0.244 e. The Morgan fingerprint density at radius 2 is 1.59 bits per heavy atom. The second-order valence-corrected chi connectivity index (χ2v) is 12.2. The number of carbonyl (C=O) groups excluding carboxylic acids is 2. The van der Waals surface area contributed by atoms with E-state index in [4.69, 9.17) is 0 Å². The second kappa shape index (κ2) is 12.6. The molecule has 1 atom stereocenters. The normalized spacial score (nSPS) is 15.2. The molecular formula is C29H41N3O4S. The fraction of sp³-hybridized carbons (Fsp3) is 0.517. The van der Waals surface area contributed by atoms with Crippen molar-refractivity contribution in [1.29, 1.82) is 0 Å². The van der Waals surface area contributed by atoms with Crippen LogP contribution in [0.2, 0.25) is 0 Å². The Morgan fingerprint density at radius 1 is 0.973 bits per heavy atom. The number of anilines is 1. The minimum absolute atomic E-state index is 0.120. The van der Waals surface area contributed by atoms with Crippen molar-refractivity contribution in [2.45, 2.75) is 84.8 Å². The number of benzene rings is 2. The first kappa shape index (κ1) is 28.7. The van der Waals surface area contributed by atoms with E-state index in [0.29, 0.717) is 12.1 Å². The Hall–Kier alpha value is -2.87. The van der Waals surface area contributed by atoms with Gasteiger partial charge in [0.1, 0.15) is 12.6 Å². The number of carbonyl (C=O) groups is 2. The van der Waals surface area contributed by atoms with Gasteiger partial charge in [-0.15, -0.1) is 0 Å². The molecule has 1 saturated carbocycles. The third-order valence-electron chi connectivity index (χ3n) is 7.12. The molecule has 1 fully saturated rings. The van der Waals surface area contributed by atoms with Gasteiger partial charge in [-0.2, -0.15) is 0 Å². The highest BCUT2D eigenvalue weighted by Gasteiger charge is 2.33. The van der Waals surface area contributed by atoms with Gasteiger partial charge in [-0.1, -0.05) is 68.1 Å². The van der Waals surface area contributed by atoms with Crippen LogP contribution in [-0.2, 0) is 26.2 Å². The van der Waals surface area contributed by atoms with Crippen molar-refractivity contribution in [1.82, 2.24) is 10.2 Å². The van der Waals surface area contributed by atoms with Gasteiger partial charge in [-0.05, 0) is 62.8 Å². The smallest absolute Gasteiger partial charge is 0.244 e.